The molecule has 0 atom stereocenters. The second kappa shape index (κ2) is 10.3. The molecule has 0 unspecified atom stereocenters. The Morgan fingerprint density at radius 2 is 1.35 bits per heavy atom. The van der Waals surface area contributed by atoms with Gasteiger partial charge < -0.3 is 4.74 Å². The van der Waals surface area contributed by atoms with Crippen LogP contribution in [0.1, 0.15) is 50.5 Å². The van der Waals surface area contributed by atoms with Crippen LogP contribution >= 0.6 is 0 Å². The molecular formula is C16H26O. The van der Waals surface area contributed by atoms with Crippen LogP contribution in [0.25, 0.3) is 0 Å². The lowest BCUT2D eigenvalue weighted by Crippen LogP contribution is -1.89. The topological polar surface area (TPSA) is 9.23 Å². The molecule has 0 saturated heterocycles. The van der Waals surface area contributed by atoms with Crippen molar-refractivity contribution in [2.45, 2.75) is 51.4 Å². The Kier molecular flexibility index (Phi) is 8.66. The quantitative estimate of drug-likeness (QED) is 0.537. The Bertz CT molecular complexity index is 255. The van der Waals surface area contributed by atoms with Crippen molar-refractivity contribution in [1.82, 2.24) is 0 Å². The van der Waals surface area contributed by atoms with Crippen LogP contribution in [0.15, 0.2) is 30.3 Å². The van der Waals surface area contributed by atoms with Gasteiger partial charge in [0.1, 0.15) is 0 Å². The van der Waals surface area contributed by atoms with Crippen LogP contribution in [-0.2, 0) is 11.2 Å². The Morgan fingerprint density at radius 1 is 0.765 bits per heavy atom. The molecule has 17 heavy (non-hydrogen) atoms. The zero-order valence-corrected chi connectivity index (χ0v) is 11.2. The summed E-state index contributed by atoms with van der Waals surface area (Å²) in [5, 5.41) is 0. The first-order chi connectivity index (χ1) is 8.43. The van der Waals surface area contributed by atoms with Gasteiger partial charge in [-0.15, -0.1) is 0 Å². The van der Waals surface area contributed by atoms with Crippen molar-refractivity contribution in [2.24, 2.45) is 0 Å². The predicted molar refractivity (Wildman–Crippen MR) is 74.3 cm³/mol. The summed E-state index contributed by atoms with van der Waals surface area (Å²) in [5.74, 6) is 0. The highest BCUT2D eigenvalue weighted by atomic mass is 16.5. The van der Waals surface area contributed by atoms with E-state index in [-0.39, 0.29) is 0 Å². The Morgan fingerprint density at radius 3 is 2.00 bits per heavy atom. The van der Waals surface area contributed by atoms with Gasteiger partial charge in [-0.2, -0.15) is 0 Å². The van der Waals surface area contributed by atoms with E-state index in [2.05, 4.69) is 30.3 Å². The van der Waals surface area contributed by atoms with Gasteiger partial charge >= 0.3 is 0 Å². The van der Waals surface area contributed by atoms with Gasteiger partial charge in [0.05, 0.1) is 0 Å². The zero-order valence-electron chi connectivity index (χ0n) is 11.2. The van der Waals surface area contributed by atoms with Crippen molar-refractivity contribution in [2.75, 3.05) is 13.7 Å². The molecule has 0 spiro atoms. The second-order valence-corrected chi connectivity index (χ2v) is 4.70. The molecule has 1 aromatic rings. The molecule has 0 saturated carbocycles. The normalized spacial score (nSPS) is 10.6. The third-order valence-electron chi connectivity index (χ3n) is 3.16. The fourth-order valence-electron chi connectivity index (χ4n) is 2.10. The monoisotopic (exact) mass is 234 g/mol. The molecule has 1 rings (SSSR count). The summed E-state index contributed by atoms with van der Waals surface area (Å²) in [4.78, 5) is 0. The molecule has 96 valence electrons. The summed E-state index contributed by atoms with van der Waals surface area (Å²) in [6.45, 7) is 0.925. The lowest BCUT2D eigenvalue weighted by molar-refractivity contribution is 0.192. The van der Waals surface area contributed by atoms with Crippen LogP contribution < -0.4 is 0 Å². The standard InChI is InChI=1S/C16H26O/c1-17-15-11-6-4-2-3-5-8-12-16-13-9-7-10-14-16/h7,9-10,13-14H,2-6,8,11-12,15H2,1H3. The van der Waals surface area contributed by atoms with E-state index in [9.17, 15) is 0 Å². The molecule has 0 aromatic heterocycles. The van der Waals surface area contributed by atoms with E-state index in [0.717, 1.165) is 6.61 Å². The summed E-state index contributed by atoms with van der Waals surface area (Å²) in [6.07, 6.45) is 10.6. The van der Waals surface area contributed by atoms with Crippen molar-refractivity contribution in [1.29, 1.82) is 0 Å². The summed E-state index contributed by atoms with van der Waals surface area (Å²) in [5.41, 5.74) is 1.48. The number of unbranched alkanes of at least 4 members (excludes halogenated alkanes) is 6. The number of aryl methyl sites for hydroxylation is 1. The minimum Gasteiger partial charge on any atom is -0.385 e. The third kappa shape index (κ3) is 7.98. The van der Waals surface area contributed by atoms with Gasteiger partial charge in [-0.3, -0.25) is 0 Å². The molecule has 0 aliphatic heterocycles. The summed E-state index contributed by atoms with van der Waals surface area (Å²) < 4.78 is 5.04. The molecule has 0 radical (unpaired) electrons. The third-order valence-corrected chi connectivity index (χ3v) is 3.16. The van der Waals surface area contributed by atoms with Crippen LogP contribution in [0.3, 0.4) is 0 Å². The molecule has 0 amide bonds. The summed E-state index contributed by atoms with van der Waals surface area (Å²) in [6, 6.07) is 10.8. The fourth-order valence-corrected chi connectivity index (χ4v) is 2.10. The first-order valence-electron chi connectivity index (χ1n) is 6.96. The predicted octanol–water partition coefficient (Wildman–Crippen LogP) is 4.61. The van der Waals surface area contributed by atoms with Gasteiger partial charge in [-0.05, 0) is 24.8 Å². The maximum atomic E-state index is 5.04. The van der Waals surface area contributed by atoms with E-state index in [1.54, 1.807) is 7.11 Å². The first-order valence-corrected chi connectivity index (χ1v) is 6.96. The average Bonchev–Trinajstić information content (AvgIpc) is 2.38. The molecule has 0 N–H and O–H groups in total. The van der Waals surface area contributed by atoms with E-state index >= 15 is 0 Å². The molecule has 1 nitrogen and oxygen atoms in total. The van der Waals surface area contributed by atoms with Crippen LogP contribution in [0.5, 0.6) is 0 Å². The molecule has 1 heteroatoms. The van der Waals surface area contributed by atoms with Crippen LogP contribution in [0.2, 0.25) is 0 Å². The van der Waals surface area contributed by atoms with Crippen molar-refractivity contribution >= 4 is 0 Å². The highest BCUT2D eigenvalue weighted by Crippen LogP contribution is 2.10. The van der Waals surface area contributed by atoms with Gasteiger partial charge in [-0.25, -0.2) is 0 Å². The molecule has 1 aromatic carbocycles. The average molecular weight is 234 g/mol. The largest absolute Gasteiger partial charge is 0.385 e. The van der Waals surface area contributed by atoms with Crippen LogP contribution in [0.4, 0.5) is 0 Å². The molecular weight excluding hydrogens is 208 g/mol. The first kappa shape index (κ1) is 14.2. The Labute approximate surface area is 106 Å². The molecule has 0 fully saturated rings. The maximum absolute atomic E-state index is 5.04. The summed E-state index contributed by atoms with van der Waals surface area (Å²) >= 11 is 0. The van der Waals surface area contributed by atoms with E-state index < -0.39 is 0 Å². The van der Waals surface area contributed by atoms with E-state index in [1.165, 1.54) is 56.9 Å². The molecule has 0 aliphatic rings. The summed E-state index contributed by atoms with van der Waals surface area (Å²) in [7, 11) is 1.78. The highest BCUT2D eigenvalue weighted by molar-refractivity contribution is 5.14. The van der Waals surface area contributed by atoms with Gasteiger partial charge in [0.25, 0.3) is 0 Å². The Hall–Kier alpha value is -0.820. The fraction of sp³-hybridized carbons (Fsp3) is 0.625. The van der Waals surface area contributed by atoms with Gasteiger partial charge in [-0.1, -0.05) is 62.4 Å². The van der Waals surface area contributed by atoms with Crippen LogP contribution in [0, 0.1) is 0 Å². The second-order valence-electron chi connectivity index (χ2n) is 4.70. The lowest BCUT2D eigenvalue weighted by atomic mass is 10.0. The van der Waals surface area contributed by atoms with Crippen LogP contribution in [-0.4, -0.2) is 13.7 Å². The number of hydrogen-bond acceptors (Lipinski definition) is 1. The van der Waals surface area contributed by atoms with E-state index in [0.29, 0.717) is 0 Å². The maximum Gasteiger partial charge on any atom is 0.0462 e. The zero-order chi connectivity index (χ0) is 12.2. The van der Waals surface area contributed by atoms with Gasteiger partial charge in [0.2, 0.25) is 0 Å². The van der Waals surface area contributed by atoms with E-state index in [4.69, 9.17) is 4.74 Å². The number of hydrogen-bond donors (Lipinski definition) is 0. The highest BCUT2D eigenvalue weighted by Gasteiger charge is 1.93. The smallest absolute Gasteiger partial charge is 0.0462 e. The van der Waals surface area contributed by atoms with Crippen molar-refractivity contribution in [3.05, 3.63) is 35.9 Å². The van der Waals surface area contributed by atoms with Gasteiger partial charge in [0.15, 0.2) is 0 Å². The molecule has 0 heterocycles. The van der Waals surface area contributed by atoms with E-state index in [1.807, 2.05) is 0 Å². The minimum atomic E-state index is 0.925. The van der Waals surface area contributed by atoms with Crippen molar-refractivity contribution in [3.63, 3.8) is 0 Å². The molecule has 0 aliphatic carbocycles. The SMILES string of the molecule is COCCCCCCCCCc1ccccc1. The van der Waals surface area contributed by atoms with Crippen molar-refractivity contribution in [3.8, 4) is 0 Å². The lowest BCUT2D eigenvalue weighted by Gasteiger charge is -2.02. The van der Waals surface area contributed by atoms with Gasteiger partial charge in [0, 0.05) is 13.7 Å². The number of methoxy groups -OCH3 is 1. The number of benzene rings is 1. The number of ether oxygens (including phenoxy) is 1. The number of rotatable bonds is 10. The Balaban J connectivity index is 1.85. The molecule has 0 bridgehead atoms. The van der Waals surface area contributed by atoms with Crippen molar-refractivity contribution < 1.29 is 4.74 Å². The minimum absolute atomic E-state index is 0.925.